The van der Waals surface area contributed by atoms with Crippen LogP contribution in [0.4, 0.5) is 14.5 Å². The van der Waals surface area contributed by atoms with E-state index in [-0.39, 0.29) is 26.4 Å². The summed E-state index contributed by atoms with van der Waals surface area (Å²) in [7, 11) is -3.98. The van der Waals surface area contributed by atoms with Gasteiger partial charge in [-0.25, -0.2) is 8.42 Å². The number of benzene rings is 2. The maximum atomic E-state index is 12.3. The molecule has 0 amide bonds. The minimum atomic E-state index is -3.98. The Morgan fingerprint density at radius 1 is 1.09 bits per heavy atom. The van der Waals surface area contributed by atoms with Gasteiger partial charge < -0.3 is 4.74 Å². The van der Waals surface area contributed by atoms with Crippen LogP contribution in [0, 0.1) is 6.92 Å². The van der Waals surface area contributed by atoms with Gasteiger partial charge in [0.2, 0.25) is 0 Å². The number of alkyl halides is 2. The minimum absolute atomic E-state index is 0.196. The third-order valence-corrected chi connectivity index (χ3v) is 4.77. The number of hydrogen-bond acceptors (Lipinski definition) is 3. The molecule has 0 aliphatic rings. The molecule has 0 heterocycles. The van der Waals surface area contributed by atoms with Crippen molar-refractivity contribution in [2.45, 2.75) is 18.4 Å². The van der Waals surface area contributed by atoms with E-state index in [0.29, 0.717) is 0 Å². The zero-order chi connectivity index (χ0) is 17.2. The molecule has 0 spiro atoms. The molecule has 2 rings (SSSR count). The summed E-state index contributed by atoms with van der Waals surface area (Å²) < 4.78 is 55.4. The maximum Gasteiger partial charge on any atom is 0.387 e. The van der Waals surface area contributed by atoms with Crippen molar-refractivity contribution in [2.24, 2.45) is 0 Å². The molecule has 2 aromatic carbocycles. The van der Waals surface area contributed by atoms with Crippen LogP contribution in [0.15, 0.2) is 41.3 Å². The molecule has 0 saturated heterocycles. The molecule has 0 aliphatic heterocycles. The molecule has 0 atom stereocenters. The normalized spacial score (nSPS) is 11.6. The minimum Gasteiger partial charge on any atom is -0.433 e. The smallest absolute Gasteiger partial charge is 0.387 e. The van der Waals surface area contributed by atoms with Crippen molar-refractivity contribution in [3.63, 3.8) is 0 Å². The molecule has 0 aliphatic carbocycles. The van der Waals surface area contributed by atoms with Gasteiger partial charge in [0.25, 0.3) is 10.0 Å². The molecule has 0 saturated carbocycles. The summed E-state index contributed by atoms with van der Waals surface area (Å²) in [6.45, 7) is -1.24. The molecule has 124 valence electrons. The monoisotopic (exact) mass is 381 g/mol. The predicted octanol–water partition coefficient (Wildman–Crippen LogP) is 4.70. The average Bonchev–Trinajstić information content (AvgIpc) is 2.43. The highest BCUT2D eigenvalue weighted by atomic mass is 35.5. The summed E-state index contributed by atoms with van der Waals surface area (Å²) in [5.41, 5.74) is 1.07. The van der Waals surface area contributed by atoms with Gasteiger partial charge in [-0.1, -0.05) is 29.3 Å². The predicted molar refractivity (Wildman–Crippen MR) is 85.1 cm³/mol. The number of halogens is 4. The van der Waals surface area contributed by atoms with Crippen LogP contribution in [0.5, 0.6) is 5.75 Å². The van der Waals surface area contributed by atoms with Gasteiger partial charge >= 0.3 is 6.61 Å². The van der Waals surface area contributed by atoms with Crippen LogP contribution in [-0.2, 0) is 10.0 Å². The summed E-state index contributed by atoms with van der Waals surface area (Å²) in [4.78, 5) is -0.208. The van der Waals surface area contributed by atoms with E-state index < -0.39 is 16.6 Å². The van der Waals surface area contributed by atoms with Crippen molar-refractivity contribution in [2.75, 3.05) is 4.72 Å². The van der Waals surface area contributed by atoms with Crippen LogP contribution in [0.2, 0.25) is 10.0 Å². The molecule has 0 radical (unpaired) electrons. The van der Waals surface area contributed by atoms with Crippen LogP contribution in [-0.4, -0.2) is 15.0 Å². The lowest BCUT2D eigenvalue weighted by Crippen LogP contribution is -2.13. The van der Waals surface area contributed by atoms with Crippen molar-refractivity contribution >= 4 is 38.9 Å². The molecule has 23 heavy (non-hydrogen) atoms. The van der Waals surface area contributed by atoms with Gasteiger partial charge in [-0.3, -0.25) is 4.72 Å². The molecule has 0 fully saturated rings. The highest BCUT2D eigenvalue weighted by molar-refractivity contribution is 7.92. The first-order chi connectivity index (χ1) is 10.7. The van der Waals surface area contributed by atoms with E-state index in [1.54, 1.807) is 12.1 Å². The van der Waals surface area contributed by atoms with Gasteiger partial charge in [-0.15, -0.1) is 0 Å². The van der Waals surface area contributed by atoms with Gasteiger partial charge in [0.05, 0.1) is 20.6 Å². The number of anilines is 1. The molecule has 2 aromatic rings. The van der Waals surface area contributed by atoms with Crippen LogP contribution < -0.4 is 9.46 Å². The summed E-state index contributed by atoms with van der Waals surface area (Å²) in [6, 6.07) is 7.99. The van der Waals surface area contributed by atoms with Crippen molar-refractivity contribution in [1.82, 2.24) is 0 Å². The van der Waals surface area contributed by atoms with Crippen molar-refractivity contribution < 1.29 is 21.9 Å². The summed E-state index contributed by atoms with van der Waals surface area (Å²) in [5.74, 6) is -0.311. The van der Waals surface area contributed by atoms with E-state index in [4.69, 9.17) is 23.2 Å². The molecule has 9 heteroatoms. The Balaban J connectivity index is 2.31. The molecule has 4 nitrogen and oxygen atoms in total. The van der Waals surface area contributed by atoms with Crippen LogP contribution in [0.3, 0.4) is 0 Å². The van der Waals surface area contributed by atoms with E-state index in [2.05, 4.69) is 9.46 Å². The maximum absolute atomic E-state index is 12.3. The van der Waals surface area contributed by atoms with E-state index in [1.165, 1.54) is 6.07 Å². The summed E-state index contributed by atoms with van der Waals surface area (Å²) >= 11 is 11.7. The van der Waals surface area contributed by atoms with Gasteiger partial charge in [0.1, 0.15) is 5.75 Å². The summed E-state index contributed by atoms with van der Waals surface area (Å²) in [6.07, 6.45) is 0. The first-order valence-corrected chi connectivity index (χ1v) is 8.46. The van der Waals surface area contributed by atoms with Gasteiger partial charge in [-0.2, -0.15) is 8.78 Å². The number of aryl methyl sites for hydroxylation is 1. The van der Waals surface area contributed by atoms with Gasteiger partial charge in [-0.05, 0) is 42.8 Å². The van der Waals surface area contributed by atoms with Gasteiger partial charge in [0, 0.05) is 0 Å². The lowest BCUT2D eigenvalue weighted by molar-refractivity contribution is -0.0498. The fraction of sp³-hybridized carbons (Fsp3) is 0.143. The molecule has 0 aromatic heterocycles. The third-order valence-electron chi connectivity index (χ3n) is 2.80. The van der Waals surface area contributed by atoms with E-state index in [9.17, 15) is 17.2 Å². The lowest BCUT2D eigenvalue weighted by atomic mass is 10.2. The van der Waals surface area contributed by atoms with E-state index in [0.717, 1.165) is 23.8 Å². The average molecular weight is 382 g/mol. The fourth-order valence-electron chi connectivity index (χ4n) is 1.75. The lowest BCUT2D eigenvalue weighted by Gasteiger charge is -2.12. The summed E-state index contributed by atoms with van der Waals surface area (Å²) in [5, 5.41) is -0.0134. The largest absolute Gasteiger partial charge is 0.433 e. The standard InChI is InChI=1S/C14H11Cl2F2NO3S/c1-8-2-4-12(10(15)6-8)19-23(20,21)9-3-5-13(11(16)7-9)22-14(17)18/h2-7,14,19H,1H3. The van der Waals surface area contributed by atoms with Crippen LogP contribution in [0.25, 0.3) is 0 Å². The van der Waals surface area contributed by atoms with Crippen molar-refractivity contribution in [1.29, 1.82) is 0 Å². The number of rotatable bonds is 5. The van der Waals surface area contributed by atoms with Crippen LogP contribution >= 0.6 is 23.2 Å². The highest BCUT2D eigenvalue weighted by Gasteiger charge is 2.18. The second-order valence-electron chi connectivity index (χ2n) is 4.56. The fourth-order valence-corrected chi connectivity index (χ4v) is 3.48. The molecule has 0 bridgehead atoms. The molecule has 1 N–H and O–H groups in total. The highest BCUT2D eigenvalue weighted by Crippen LogP contribution is 2.30. The second-order valence-corrected chi connectivity index (χ2v) is 7.06. The topological polar surface area (TPSA) is 55.4 Å². The Morgan fingerprint density at radius 2 is 1.78 bits per heavy atom. The zero-order valence-corrected chi connectivity index (χ0v) is 14.0. The van der Waals surface area contributed by atoms with E-state index >= 15 is 0 Å². The molecular weight excluding hydrogens is 371 g/mol. The SMILES string of the molecule is Cc1ccc(NS(=O)(=O)c2ccc(OC(F)F)c(Cl)c2)c(Cl)c1. The second kappa shape index (κ2) is 6.90. The first-order valence-electron chi connectivity index (χ1n) is 6.22. The number of ether oxygens (including phenoxy) is 1. The van der Waals surface area contributed by atoms with Crippen molar-refractivity contribution in [3.05, 3.63) is 52.0 Å². The third kappa shape index (κ3) is 4.46. The Hall–Kier alpha value is -1.57. The zero-order valence-electron chi connectivity index (χ0n) is 11.7. The quantitative estimate of drug-likeness (QED) is 0.815. The Kier molecular flexibility index (Phi) is 5.33. The molecular formula is C14H11Cl2F2NO3S. The Morgan fingerprint density at radius 3 is 2.35 bits per heavy atom. The number of sulfonamides is 1. The van der Waals surface area contributed by atoms with Crippen LogP contribution in [0.1, 0.15) is 5.56 Å². The molecule has 0 unspecified atom stereocenters. The number of nitrogens with one attached hydrogen (secondary N) is 1. The Bertz CT molecular complexity index is 829. The van der Waals surface area contributed by atoms with Crippen molar-refractivity contribution in [3.8, 4) is 5.75 Å². The Labute approximate surface area is 142 Å². The number of hydrogen-bond donors (Lipinski definition) is 1. The first kappa shape index (κ1) is 17.8. The van der Waals surface area contributed by atoms with Gasteiger partial charge in [0.15, 0.2) is 0 Å². The van der Waals surface area contributed by atoms with E-state index in [1.807, 2.05) is 6.92 Å².